The van der Waals surface area contributed by atoms with E-state index in [-0.39, 0.29) is 49.7 Å². The van der Waals surface area contributed by atoms with Crippen LogP contribution in [0.4, 0.5) is 5.82 Å². The van der Waals surface area contributed by atoms with E-state index in [0.29, 0.717) is 17.1 Å². The fraction of sp³-hybridized carbons (Fsp3) is 0.302. The van der Waals surface area contributed by atoms with Gasteiger partial charge >= 0.3 is 11.7 Å². The standard InChI is InChI=1S/C53H58N5O10P/c1-38(2)58(39(3)4)69(66-34-16-32-54)67-36-47(35-65-53(42-21-14-9-15-22-42,43-23-27-45(62-5)28-24-43)44-25-29-46(63-6)30-26-44)68-49(37-64-51(60)41-19-12-8-13-20-41)57-33-31-48(56-52(57)61)55-50(59)40-17-10-7-11-18-40/h7-15,17-31,33,38-39,47,49H,16,34-37H2,1-6H3,(H,55,56,59,61). The Balaban J connectivity index is 1.45. The summed E-state index contributed by atoms with van der Waals surface area (Å²) in [6.45, 7) is 7.48. The molecule has 3 unspecified atom stereocenters. The number of nitrogens with one attached hydrogen (secondary N) is 1. The van der Waals surface area contributed by atoms with Gasteiger partial charge in [-0.3, -0.25) is 9.36 Å². The molecule has 15 nitrogen and oxygen atoms in total. The molecule has 5 aromatic carbocycles. The summed E-state index contributed by atoms with van der Waals surface area (Å²) in [7, 11) is 1.42. The van der Waals surface area contributed by atoms with Gasteiger partial charge in [-0.15, -0.1) is 0 Å². The summed E-state index contributed by atoms with van der Waals surface area (Å²) in [5.41, 5.74) is 0.881. The second-order valence-corrected chi connectivity index (χ2v) is 17.6. The zero-order valence-corrected chi connectivity index (χ0v) is 40.5. The molecule has 0 spiro atoms. The molecule has 1 N–H and O–H groups in total. The van der Waals surface area contributed by atoms with Gasteiger partial charge in [-0.05, 0) is 99.0 Å². The lowest BCUT2D eigenvalue weighted by Gasteiger charge is -2.38. The van der Waals surface area contributed by atoms with Crippen molar-refractivity contribution in [2.24, 2.45) is 0 Å². The van der Waals surface area contributed by atoms with Crippen molar-refractivity contribution < 1.29 is 42.3 Å². The van der Waals surface area contributed by atoms with Crippen molar-refractivity contribution in [1.82, 2.24) is 14.2 Å². The molecule has 0 aliphatic heterocycles. The van der Waals surface area contributed by atoms with Gasteiger partial charge in [-0.25, -0.2) is 14.3 Å². The number of ether oxygens (including phenoxy) is 5. The highest BCUT2D eigenvalue weighted by Gasteiger charge is 2.40. The van der Waals surface area contributed by atoms with E-state index in [0.717, 1.165) is 16.7 Å². The number of aromatic nitrogens is 2. The molecule has 0 saturated carbocycles. The van der Waals surface area contributed by atoms with Gasteiger partial charge in [0.15, 0.2) is 6.23 Å². The van der Waals surface area contributed by atoms with Crippen LogP contribution in [0.1, 0.15) is 77.8 Å². The van der Waals surface area contributed by atoms with Crippen LogP contribution in [0.15, 0.2) is 157 Å². The third-order valence-electron chi connectivity index (χ3n) is 10.8. The summed E-state index contributed by atoms with van der Waals surface area (Å²) < 4.78 is 47.5. The van der Waals surface area contributed by atoms with Gasteiger partial charge in [0.05, 0.1) is 52.1 Å². The predicted octanol–water partition coefficient (Wildman–Crippen LogP) is 9.55. The number of benzene rings is 5. The first-order chi connectivity index (χ1) is 33.5. The third kappa shape index (κ3) is 13.7. The Morgan fingerprint density at radius 1 is 0.710 bits per heavy atom. The number of hydrogen-bond donors (Lipinski definition) is 1. The van der Waals surface area contributed by atoms with Gasteiger partial charge in [0, 0.05) is 23.8 Å². The number of amides is 1. The number of carbonyl (C=O) groups excluding carboxylic acids is 2. The maximum Gasteiger partial charge on any atom is 0.351 e. The molecule has 1 amide bonds. The van der Waals surface area contributed by atoms with Crippen LogP contribution in [0.3, 0.4) is 0 Å². The zero-order valence-electron chi connectivity index (χ0n) is 39.6. The molecule has 69 heavy (non-hydrogen) atoms. The van der Waals surface area contributed by atoms with Gasteiger partial charge in [0.2, 0.25) is 0 Å². The van der Waals surface area contributed by atoms with Crippen LogP contribution < -0.4 is 20.5 Å². The SMILES string of the molecule is COc1ccc(C(OCC(COP(OCCC#N)N(C(C)C)C(C)C)OC(COC(=O)c2ccccc2)n2ccc(NC(=O)c3ccccc3)nc2=O)(c2ccccc2)c2ccc(OC)cc2)cc1. The van der Waals surface area contributed by atoms with Crippen molar-refractivity contribution in [1.29, 1.82) is 5.26 Å². The minimum atomic E-state index is -1.78. The van der Waals surface area contributed by atoms with Gasteiger partial charge < -0.3 is 38.0 Å². The number of carbonyl (C=O) groups is 2. The molecule has 360 valence electrons. The lowest BCUT2D eigenvalue weighted by molar-refractivity contribution is -0.138. The summed E-state index contributed by atoms with van der Waals surface area (Å²) >= 11 is 0. The number of rotatable bonds is 25. The van der Waals surface area contributed by atoms with E-state index in [2.05, 4.69) is 21.0 Å². The van der Waals surface area contributed by atoms with Crippen molar-refractivity contribution in [2.75, 3.05) is 46.0 Å². The molecule has 0 saturated heterocycles. The van der Waals surface area contributed by atoms with Gasteiger partial charge in [0.1, 0.15) is 35.6 Å². The molecule has 0 aliphatic carbocycles. The minimum absolute atomic E-state index is 0.00241. The van der Waals surface area contributed by atoms with E-state index in [1.807, 2.05) is 107 Å². The largest absolute Gasteiger partial charge is 0.497 e. The highest BCUT2D eigenvalue weighted by Crippen LogP contribution is 2.47. The molecule has 0 bridgehead atoms. The van der Waals surface area contributed by atoms with E-state index in [1.165, 1.54) is 16.8 Å². The number of esters is 1. The number of nitriles is 1. The van der Waals surface area contributed by atoms with Crippen LogP contribution in [0.25, 0.3) is 0 Å². The van der Waals surface area contributed by atoms with Crippen LogP contribution in [-0.2, 0) is 28.9 Å². The zero-order chi connectivity index (χ0) is 49.2. The Kier molecular flexibility index (Phi) is 19.1. The Bertz CT molecular complexity index is 2580. The molecule has 0 fully saturated rings. The molecule has 1 aromatic heterocycles. The number of nitrogens with zero attached hydrogens (tertiary/aromatic N) is 4. The Morgan fingerprint density at radius 2 is 1.25 bits per heavy atom. The molecule has 6 rings (SSSR count). The lowest BCUT2D eigenvalue weighted by atomic mass is 9.80. The lowest BCUT2D eigenvalue weighted by Crippen LogP contribution is -2.41. The second kappa shape index (κ2) is 25.6. The second-order valence-electron chi connectivity index (χ2n) is 16.2. The molecule has 3 atom stereocenters. The molecular formula is C53H58N5O10P. The average Bonchev–Trinajstić information content (AvgIpc) is 3.37. The first-order valence-electron chi connectivity index (χ1n) is 22.5. The monoisotopic (exact) mass is 955 g/mol. The van der Waals surface area contributed by atoms with Crippen molar-refractivity contribution >= 4 is 26.2 Å². The van der Waals surface area contributed by atoms with Crippen molar-refractivity contribution in [3.63, 3.8) is 0 Å². The fourth-order valence-electron chi connectivity index (χ4n) is 7.57. The average molecular weight is 956 g/mol. The predicted molar refractivity (Wildman–Crippen MR) is 263 cm³/mol. The van der Waals surface area contributed by atoms with Crippen LogP contribution in [0, 0.1) is 11.3 Å². The van der Waals surface area contributed by atoms with Crippen LogP contribution in [0.2, 0.25) is 0 Å². The van der Waals surface area contributed by atoms with Crippen molar-refractivity contribution in [3.8, 4) is 17.6 Å². The Hall–Kier alpha value is -6.76. The summed E-state index contributed by atoms with van der Waals surface area (Å²) in [6.07, 6.45) is -0.764. The number of methoxy groups -OCH3 is 2. The van der Waals surface area contributed by atoms with Crippen molar-refractivity contribution in [2.45, 2.75) is 64.1 Å². The summed E-state index contributed by atoms with van der Waals surface area (Å²) in [4.78, 5) is 44.8. The van der Waals surface area contributed by atoms with E-state index >= 15 is 0 Å². The quantitative estimate of drug-likeness (QED) is 0.0249. The highest BCUT2D eigenvalue weighted by atomic mass is 31.2. The summed E-state index contributed by atoms with van der Waals surface area (Å²) in [5, 5.41) is 12.1. The number of anilines is 1. The Morgan fingerprint density at radius 3 is 1.77 bits per heavy atom. The normalized spacial score (nSPS) is 12.8. The number of hydrogen-bond acceptors (Lipinski definition) is 13. The highest BCUT2D eigenvalue weighted by molar-refractivity contribution is 7.44. The molecule has 16 heteroatoms. The van der Waals surface area contributed by atoms with E-state index in [9.17, 15) is 19.6 Å². The molecule has 0 radical (unpaired) electrons. The topological polar surface area (TPSA) is 173 Å². The van der Waals surface area contributed by atoms with Crippen LogP contribution in [0.5, 0.6) is 11.5 Å². The Labute approximate surface area is 404 Å². The smallest absolute Gasteiger partial charge is 0.351 e. The first kappa shape index (κ1) is 51.6. The minimum Gasteiger partial charge on any atom is -0.497 e. The summed E-state index contributed by atoms with van der Waals surface area (Å²) in [6, 6.07) is 45.4. The third-order valence-corrected chi connectivity index (χ3v) is 12.9. The maximum atomic E-state index is 14.1. The molecule has 0 aliphatic rings. The maximum absolute atomic E-state index is 14.1. The van der Waals surface area contributed by atoms with Crippen LogP contribution in [-0.4, -0.2) is 84.9 Å². The van der Waals surface area contributed by atoms with Gasteiger partial charge in [-0.2, -0.15) is 10.2 Å². The molecule has 1 heterocycles. The van der Waals surface area contributed by atoms with Crippen molar-refractivity contribution in [3.05, 3.63) is 190 Å². The van der Waals surface area contributed by atoms with Gasteiger partial charge in [-0.1, -0.05) is 91.0 Å². The molecular weight excluding hydrogens is 898 g/mol. The van der Waals surface area contributed by atoms with Gasteiger partial charge in [0.25, 0.3) is 14.4 Å². The van der Waals surface area contributed by atoms with E-state index in [4.69, 9.17) is 32.7 Å². The fourth-order valence-corrected chi connectivity index (χ4v) is 9.21. The first-order valence-corrected chi connectivity index (χ1v) is 23.6. The molecule has 6 aromatic rings. The van der Waals surface area contributed by atoms with E-state index < -0.39 is 50.6 Å². The van der Waals surface area contributed by atoms with Crippen LogP contribution >= 0.6 is 8.53 Å². The van der Waals surface area contributed by atoms with E-state index in [1.54, 1.807) is 74.9 Å². The summed E-state index contributed by atoms with van der Waals surface area (Å²) in [5.74, 6) is 0.185.